The van der Waals surface area contributed by atoms with Crippen LogP contribution in [-0.4, -0.2) is 12.9 Å². The summed E-state index contributed by atoms with van der Waals surface area (Å²) in [6, 6.07) is 23.9. The van der Waals surface area contributed by atoms with E-state index < -0.39 is 0 Å². The van der Waals surface area contributed by atoms with Crippen molar-refractivity contribution in [1.29, 1.82) is 0 Å². The van der Waals surface area contributed by atoms with Gasteiger partial charge in [-0.15, -0.1) is 0 Å². The van der Waals surface area contributed by atoms with Gasteiger partial charge in [-0.1, -0.05) is 36.4 Å². The number of ether oxygens (including phenoxy) is 1. The second-order valence-electron chi connectivity index (χ2n) is 6.01. The van der Waals surface area contributed by atoms with E-state index in [1.54, 1.807) is 13.2 Å². The Balaban J connectivity index is 0.00000196. The molecule has 0 saturated heterocycles. The number of ketones is 1. The molecule has 130 valence electrons. The molecule has 0 spiro atoms. The van der Waals surface area contributed by atoms with Crippen molar-refractivity contribution in [2.45, 2.75) is 6.54 Å². The maximum Gasteiger partial charge on any atom is 0.227 e. The number of fused-ring (bicyclic) bond motifs is 3. The highest BCUT2D eigenvalue weighted by molar-refractivity contribution is 6.05. The highest BCUT2D eigenvalue weighted by atomic mass is 79.9. The molecule has 0 amide bonds. The Kier molecular flexibility index (Phi) is 5.33. The van der Waals surface area contributed by atoms with Crippen LogP contribution in [0, 0.1) is 0 Å². The Morgan fingerprint density at radius 1 is 0.923 bits per heavy atom. The standard InChI is InChI=1S/C22H18NO2.BrH/c1-25-18-8-4-7-17(14-18)22(24)15-23-13-5-10-20-19-9-3-2-6-16(19)11-12-21(20)23;/h2-14H,15H2,1H3;1H/q+1;/p-1. The molecular formula is C22H18BrNO2. The first kappa shape index (κ1) is 18.1. The molecule has 0 saturated carbocycles. The molecule has 0 radical (unpaired) electrons. The average Bonchev–Trinajstić information content (AvgIpc) is 2.68. The van der Waals surface area contributed by atoms with Gasteiger partial charge in [0, 0.05) is 17.7 Å². The Labute approximate surface area is 162 Å². The van der Waals surface area contributed by atoms with E-state index in [-0.39, 0.29) is 22.8 Å². The lowest BCUT2D eigenvalue weighted by atomic mass is 10.0. The van der Waals surface area contributed by atoms with Gasteiger partial charge in [0.25, 0.3) is 0 Å². The predicted molar refractivity (Wildman–Crippen MR) is 99.0 cm³/mol. The fourth-order valence-electron chi connectivity index (χ4n) is 3.21. The Bertz CT molecular complexity index is 1090. The van der Waals surface area contributed by atoms with Crippen LogP contribution in [0.1, 0.15) is 10.4 Å². The number of methoxy groups -OCH3 is 1. The molecule has 4 aromatic rings. The molecule has 26 heavy (non-hydrogen) atoms. The van der Waals surface area contributed by atoms with E-state index in [1.807, 2.05) is 47.2 Å². The van der Waals surface area contributed by atoms with E-state index in [0.29, 0.717) is 17.9 Å². The highest BCUT2D eigenvalue weighted by Crippen LogP contribution is 2.23. The monoisotopic (exact) mass is 407 g/mol. The third-order valence-electron chi connectivity index (χ3n) is 4.49. The van der Waals surface area contributed by atoms with E-state index in [9.17, 15) is 4.79 Å². The van der Waals surface area contributed by atoms with E-state index >= 15 is 0 Å². The minimum absolute atomic E-state index is 0. The summed E-state index contributed by atoms with van der Waals surface area (Å²) in [5.41, 5.74) is 1.71. The summed E-state index contributed by atoms with van der Waals surface area (Å²) in [5.74, 6) is 0.754. The summed E-state index contributed by atoms with van der Waals surface area (Å²) in [5, 5.41) is 3.55. The number of pyridine rings is 1. The Morgan fingerprint density at radius 2 is 1.73 bits per heavy atom. The van der Waals surface area contributed by atoms with Crippen molar-refractivity contribution in [3.8, 4) is 5.75 Å². The molecule has 0 aliphatic rings. The summed E-state index contributed by atoms with van der Waals surface area (Å²) < 4.78 is 7.22. The minimum atomic E-state index is 0. The molecular weight excluding hydrogens is 390 g/mol. The van der Waals surface area contributed by atoms with Crippen molar-refractivity contribution in [2.24, 2.45) is 0 Å². The predicted octanol–water partition coefficient (Wildman–Crippen LogP) is 1.18. The van der Waals surface area contributed by atoms with Crippen LogP contribution in [0.15, 0.2) is 79.0 Å². The van der Waals surface area contributed by atoms with Crippen molar-refractivity contribution in [3.05, 3.63) is 84.6 Å². The molecule has 4 rings (SSSR count). The molecule has 0 aliphatic heterocycles. The summed E-state index contributed by atoms with van der Waals surface area (Å²) >= 11 is 0. The third-order valence-corrected chi connectivity index (χ3v) is 4.49. The summed E-state index contributed by atoms with van der Waals surface area (Å²) in [6.07, 6.45) is 1.95. The van der Waals surface area contributed by atoms with E-state index in [1.165, 1.54) is 10.8 Å². The summed E-state index contributed by atoms with van der Waals surface area (Å²) in [4.78, 5) is 12.7. The lowest BCUT2D eigenvalue weighted by Gasteiger charge is -2.05. The molecule has 0 fully saturated rings. The number of hydrogen-bond acceptors (Lipinski definition) is 2. The van der Waals surface area contributed by atoms with Gasteiger partial charge in [0.15, 0.2) is 6.20 Å². The molecule has 0 atom stereocenters. The summed E-state index contributed by atoms with van der Waals surface area (Å²) in [7, 11) is 1.61. The first-order valence-corrected chi connectivity index (χ1v) is 8.23. The Hall–Kier alpha value is -2.72. The topological polar surface area (TPSA) is 30.2 Å². The molecule has 4 heteroatoms. The molecule has 1 aromatic heterocycles. The number of halogens is 1. The minimum Gasteiger partial charge on any atom is -1.00 e. The molecule has 0 N–H and O–H groups in total. The van der Waals surface area contributed by atoms with Crippen LogP contribution in [0.5, 0.6) is 5.75 Å². The van der Waals surface area contributed by atoms with Gasteiger partial charge in [0.2, 0.25) is 17.8 Å². The third kappa shape index (κ3) is 3.33. The van der Waals surface area contributed by atoms with Crippen molar-refractivity contribution in [2.75, 3.05) is 7.11 Å². The fraction of sp³-hybridized carbons (Fsp3) is 0.0909. The smallest absolute Gasteiger partial charge is 0.227 e. The van der Waals surface area contributed by atoms with Crippen LogP contribution in [0.3, 0.4) is 0 Å². The van der Waals surface area contributed by atoms with Gasteiger partial charge in [-0.2, -0.15) is 4.57 Å². The van der Waals surface area contributed by atoms with Gasteiger partial charge < -0.3 is 21.7 Å². The zero-order valence-electron chi connectivity index (χ0n) is 14.4. The van der Waals surface area contributed by atoms with E-state index in [4.69, 9.17) is 4.74 Å². The van der Waals surface area contributed by atoms with E-state index in [0.717, 1.165) is 10.9 Å². The molecule has 0 unspecified atom stereocenters. The molecule has 3 nitrogen and oxygen atoms in total. The van der Waals surface area contributed by atoms with Crippen LogP contribution in [0.2, 0.25) is 0 Å². The van der Waals surface area contributed by atoms with Crippen LogP contribution in [-0.2, 0) is 6.54 Å². The number of hydrogen-bond donors (Lipinski definition) is 0. The lowest BCUT2D eigenvalue weighted by Crippen LogP contribution is -3.00. The second kappa shape index (κ2) is 7.67. The largest absolute Gasteiger partial charge is 1.00 e. The normalized spacial score (nSPS) is 10.5. The molecule has 0 bridgehead atoms. The maximum atomic E-state index is 12.7. The van der Waals surface area contributed by atoms with Crippen molar-refractivity contribution in [3.63, 3.8) is 0 Å². The first-order chi connectivity index (χ1) is 12.3. The number of Topliss-reactive ketones (excluding diaryl/α,β-unsaturated/α-hetero) is 1. The number of carbonyl (C=O) groups is 1. The van der Waals surface area contributed by atoms with Crippen LogP contribution in [0.4, 0.5) is 0 Å². The lowest BCUT2D eigenvalue weighted by molar-refractivity contribution is -0.657. The van der Waals surface area contributed by atoms with Gasteiger partial charge in [-0.05, 0) is 35.0 Å². The van der Waals surface area contributed by atoms with Gasteiger partial charge >= 0.3 is 0 Å². The summed E-state index contributed by atoms with van der Waals surface area (Å²) in [6.45, 7) is 0.294. The fourth-order valence-corrected chi connectivity index (χ4v) is 3.21. The highest BCUT2D eigenvalue weighted by Gasteiger charge is 2.16. The molecule has 1 heterocycles. The first-order valence-electron chi connectivity index (χ1n) is 8.23. The van der Waals surface area contributed by atoms with Gasteiger partial charge in [-0.25, -0.2) is 0 Å². The van der Waals surface area contributed by atoms with Gasteiger partial charge in [0.05, 0.1) is 12.5 Å². The van der Waals surface area contributed by atoms with Gasteiger partial charge in [0.1, 0.15) is 5.75 Å². The van der Waals surface area contributed by atoms with Crippen LogP contribution in [0.25, 0.3) is 21.7 Å². The number of nitrogens with zero attached hydrogens (tertiary/aromatic N) is 1. The zero-order chi connectivity index (χ0) is 17.2. The van der Waals surface area contributed by atoms with E-state index in [2.05, 4.69) is 30.3 Å². The van der Waals surface area contributed by atoms with Gasteiger partial charge in [-0.3, -0.25) is 4.79 Å². The van der Waals surface area contributed by atoms with Crippen LogP contribution >= 0.6 is 0 Å². The average molecular weight is 408 g/mol. The van der Waals surface area contributed by atoms with Crippen LogP contribution < -0.4 is 26.3 Å². The Morgan fingerprint density at radius 3 is 2.58 bits per heavy atom. The molecule has 0 aliphatic carbocycles. The number of carbonyl (C=O) groups excluding carboxylic acids is 1. The van der Waals surface area contributed by atoms with Crippen molar-refractivity contribution >= 4 is 27.5 Å². The molecule has 3 aromatic carbocycles. The second-order valence-corrected chi connectivity index (χ2v) is 6.01. The quantitative estimate of drug-likeness (QED) is 0.289. The number of aromatic nitrogens is 1. The zero-order valence-corrected chi connectivity index (χ0v) is 15.9. The maximum absolute atomic E-state index is 12.7. The number of rotatable bonds is 4. The van der Waals surface area contributed by atoms with Crippen molar-refractivity contribution < 1.29 is 31.1 Å². The van der Waals surface area contributed by atoms with Crippen molar-refractivity contribution in [1.82, 2.24) is 0 Å². The number of benzene rings is 3. The SMILES string of the molecule is COc1cccc(C(=O)C[n+]2cccc3c4ccccc4ccc32)c1.[Br-].